The van der Waals surface area contributed by atoms with Gasteiger partial charge in [-0.05, 0) is 44.6 Å². The first-order valence-electron chi connectivity index (χ1n) is 7.04. The lowest BCUT2D eigenvalue weighted by Crippen LogP contribution is -2.32. The number of halogens is 1. The van der Waals surface area contributed by atoms with Crippen LogP contribution in [0, 0.1) is 18.7 Å². The summed E-state index contributed by atoms with van der Waals surface area (Å²) in [6, 6.07) is 5.03. The normalized spacial score (nSPS) is 28.3. The zero-order valence-corrected chi connectivity index (χ0v) is 11.4. The van der Waals surface area contributed by atoms with E-state index in [1.807, 2.05) is 6.92 Å². The molecule has 0 amide bonds. The lowest BCUT2D eigenvalue weighted by Gasteiger charge is -2.36. The van der Waals surface area contributed by atoms with Crippen molar-refractivity contribution >= 4 is 0 Å². The molecule has 0 saturated heterocycles. The van der Waals surface area contributed by atoms with Crippen LogP contribution < -0.4 is 0 Å². The first-order valence-corrected chi connectivity index (χ1v) is 7.04. The maximum atomic E-state index is 13.9. The first-order chi connectivity index (χ1) is 8.55. The molecule has 0 bridgehead atoms. The van der Waals surface area contributed by atoms with E-state index in [1.54, 1.807) is 12.1 Å². The molecule has 18 heavy (non-hydrogen) atoms. The van der Waals surface area contributed by atoms with Crippen molar-refractivity contribution in [3.8, 4) is 0 Å². The second-order valence-corrected chi connectivity index (χ2v) is 5.75. The number of rotatable bonds is 3. The molecular formula is C16H23FO. The molecule has 0 atom stereocenters. The average Bonchev–Trinajstić information content (AvgIpc) is 2.36. The Labute approximate surface area is 109 Å². The van der Waals surface area contributed by atoms with Crippen molar-refractivity contribution in [1.82, 2.24) is 0 Å². The molecule has 1 aliphatic carbocycles. The average molecular weight is 250 g/mol. The van der Waals surface area contributed by atoms with E-state index in [4.69, 9.17) is 0 Å². The summed E-state index contributed by atoms with van der Waals surface area (Å²) in [6.45, 7) is 4.13. The number of aryl methyl sites for hydroxylation is 1. The van der Waals surface area contributed by atoms with Crippen LogP contribution in [0.5, 0.6) is 0 Å². The molecule has 1 fully saturated rings. The third-order valence-electron chi connectivity index (χ3n) is 4.25. The van der Waals surface area contributed by atoms with Gasteiger partial charge >= 0.3 is 0 Å². The molecule has 1 N–H and O–H groups in total. The molecule has 1 saturated carbocycles. The Morgan fingerprint density at radius 2 is 2.00 bits per heavy atom. The number of hydrogen-bond acceptors (Lipinski definition) is 1. The molecule has 0 radical (unpaired) electrons. The maximum absolute atomic E-state index is 13.9. The van der Waals surface area contributed by atoms with E-state index in [-0.39, 0.29) is 5.82 Å². The maximum Gasteiger partial charge on any atom is 0.129 e. The van der Waals surface area contributed by atoms with Crippen molar-refractivity contribution in [2.75, 3.05) is 0 Å². The lowest BCUT2D eigenvalue weighted by atomic mass is 9.73. The predicted molar refractivity (Wildman–Crippen MR) is 71.9 cm³/mol. The van der Waals surface area contributed by atoms with Gasteiger partial charge in [-0.1, -0.05) is 37.5 Å². The minimum atomic E-state index is -0.944. The Morgan fingerprint density at radius 3 is 2.61 bits per heavy atom. The van der Waals surface area contributed by atoms with Crippen LogP contribution in [-0.2, 0) is 5.60 Å². The van der Waals surface area contributed by atoms with Crippen molar-refractivity contribution in [3.63, 3.8) is 0 Å². The SMILES string of the molecule is CCCC1CCC(O)(c2cc(C)ccc2F)CC1. The van der Waals surface area contributed by atoms with Gasteiger partial charge in [-0.15, -0.1) is 0 Å². The van der Waals surface area contributed by atoms with Gasteiger partial charge in [0.2, 0.25) is 0 Å². The summed E-state index contributed by atoms with van der Waals surface area (Å²) in [5.74, 6) is 0.445. The monoisotopic (exact) mass is 250 g/mol. The third-order valence-corrected chi connectivity index (χ3v) is 4.25. The van der Waals surface area contributed by atoms with Crippen molar-refractivity contribution in [2.24, 2.45) is 5.92 Å². The van der Waals surface area contributed by atoms with E-state index in [2.05, 4.69) is 6.92 Å². The van der Waals surface area contributed by atoms with Crippen molar-refractivity contribution in [3.05, 3.63) is 35.1 Å². The zero-order valence-electron chi connectivity index (χ0n) is 11.4. The molecule has 1 aliphatic rings. The molecule has 1 nitrogen and oxygen atoms in total. The molecule has 0 aromatic heterocycles. The smallest absolute Gasteiger partial charge is 0.129 e. The summed E-state index contributed by atoms with van der Waals surface area (Å²) in [4.78, 5) is 0. The Morgan fingerprint density at radius 1 is 1.33 bits per heavy atom. The highest BCUT2D eigenvalue weighted by molar-refractivity contribution is 5.29. The summed E-state index contributed by atoms with van der Waals surface area (Å²) < 4.78 is 13.9. The van der Waals surface area contributed by atoms with Crippen LogP contribution in [0.25, 0.3) is 0 Å². The molecular weight excluding hydrogens is 227 g/mol. The summed E-state index contributed by atoms with van der Waals surface area (Å²) in [6.07, 6.45) is 5.83. The molecule has 0 spiro atoms. The number of hydrogen-bond donors (Lipinski definition) is 1. The first kappa shape index (κ1) is 13.5. The zero-order chi connectivity index (χ0) is 13.2. The van der Waals surface area contributed by atoms with Gasteiger partial charge in [0, 0.05) is 5.56 Å². The van der Waals surface area contributed by atoms with Gasteiger partial charge in [-0.25, -0.2) is 4.39 Å². The van der Waals surface area contributed by atoms with Crippen LogP contribution in [0.4, 0.5) is 4.39 Å². The highest BCUT2D eigenvalue weighted by atomic mass is 19.1. The van der Waals surface area contributed by atoms with Crippen molar-refractivity contribution in [2.45, 2.75) is 58.0 Å². The standard InChI is InChI=1S/C16H23FO/c1-3-4-13-7-9-16(18,10-8-13)14-11-12(2)5-6-15(14)17/h5-6,11,13,18H,3-4,7-10H2,1-2H3. The van der Waals surface area contributed by atoms with Gasteiger partial charge in [-0.2, -0.15) is 0 Å². The fraction of sp³-hybridized carbons (Fsp3) is 0.625. The van der Waals surface area contributed by atoms with Gasteiger partial charge in [0.25, 0.3) is 0 Å². The van der Waals surface area contributed by atoms with Crippen LogP contribution in [0.1, 0.15) is 56.6 Å². The van der Waals surface area contributed by atoms with Crippen LogP contribution in [0.3, 0.4) is 0 Å². The quantitative estimate of drug-likeness (QED) is 0.847. The molecule has 100 valence electrons. The molecule has 1 aromatic carbocycles. The van der Waals surface area contributed by atoms with Crippen LogP contribution in [0.15, 0.2) is 18.2 Å². The van der Waals surface area contributed by atoms with Crippen LogP contribution >= 0.6 is 0 Å². The van der Waals surface area contributed by atoms with E-state index >= 15 is 0 Å². The van der Waals surface area contributed by atoms with Gasteiger partial charge in [0.1, 0.15) is 5.82 Å². The number of aliphatic hydroxyl groups is 1. The Bertz CT molecular complexity index is 406. The number of benzene rings is 1. The Kier molecular flexibility index (Phi) is 4.06. The van der Waals surface area contributed by atoms with Crippen molar-refractivity contribution in [1.29, 1.82) is 0 Å². The Balaban J connectivity index is 2.15. The molecule has 0 heterocycles. The summed E-state index contributed by atoms with van der Waals surface area (Å²) in [7, 11) is 0. The third kappa shape index (κ3) is 2.74. The van der Waals surface area contributed by atoms with Crippen LogP contribution in [-0.4, -0.2) is 5.11 Å². The fourth-order valence-corrected chi connectivity index (χ4v) is 3.12. The summed E-state index contributed by atoms with van der Waals surface area (Å²) >= 11 is 0. The highest BCUT2D eigenvalue weighted by Gasteiger charge is 2.36. The van der Waals surface area contributed by atoms with E-state index in [0.29, 0.717) is 24.3 Å². The minimum Gasteiger partial charge on any atom is -0.385 e. The largest absolute Gasteiger partial charge is 0.385 e. The van der Waals surface area contributed by atoms with E-state index in [1.165, 1.54) is 18.9 Å². The van der Waals surface area contributed by atoms with Gasteiger partial charge in [-0.3, -0.25) is 0 Å². The topological polar surface area (TPSA) is 20.2 Å². The predicted octanol–water partition coefficient (Wildman–Crippen LogP) is 4.31. The van der Waals surface area contributed by atoms with Crippen LogP contribution in [0.2, 0.25) is 0 Å². The lowest BCUT2D eigenvalue weighted by molar-refractivity contribution is -0.0181. The Hall–Kier alpha value is -0.890. The minimum absolute atomic E-state index is 0.267. The molecule has 2 rings (SSSR count). The summed E-state index contributed by atoms with van der Waals surface area (Å²) in [5, 5.41) is 10.7. The second kappa shape index (κ2) is 5.40. The van der Waals surface area contributed by atoms with Crippen molar-refractivity contribution < 1.29 is 9.50 Å². The highest BCUT2D eigenvalue weighted by Crippen LogP contribution is 2.41. The van der Waals surface area contributed by atoms with Gasteiger partial charge in [0.15, 0.2) is 0 Å². The van der Waals surface area contributed by atoms with E-state index in [0.717, 1.165) is 18.4 Å². The summed E-state index contributed by atoms with van der Waals surface area (Å²) in [5.41, 5.74) is 0.563. The second-order valence-electron chi connectivity index (χ2n) is 5.75. The van der Waals surface area contributed by atoms with Gasteiger partial charge < -0.3 is 5.11 Å². The van der Waals surface area contributed by atoms with Gasteiger partial charge in [0.05, 0.1) is 5.60 Å². The molecule has 0 aliphatic heterocycles. The van der Waals surface area contributed by atoms with E-state index in [9.17, 15) is 9.50 Å². The molecule has 0 unspecified atom stereocenters. The van der Waals surface area contributed by atoms with E-state index < -0.39 is 5.60 Å². The molecule has 1 aromatic rings. The molecule has 2 heteroatoms. The fourth-order valence-electron chi connectivity index (χ4n) is 3.12.